The van der Waals surface area contributed by atoms with E-state index >= 15 is 0 Å². The number of benzene rings is 2. The van der Waals surface area contributed by atoms with E-state index < -0.39 is 11.4 Å². The lowest BCUT2D eigenvalue weighted by Gasteiger charge is -2.36. The van der Waals surface area contributed by atoms with Gasteiger partial charge >= 0.3 is 0 Å². The van der Waals surface area contributed by atoms with Crippen LogP contribution in [0.2, 0.25) is 10.0 Å². The number of carbonyl (C=O) groups excluding carboxylic acids is 2. The van der Waals surface area contributed by atoms with Crippen LogP contribution in [0.5, 0.6) is 0 Å². The minimum atomic E-state index is -0.674. The van der Waals surface area contributed by atoms with E-state index in [-0.39, 0.29) is 41.2 Å². The highest BCUT2D eigenvalue weighted by Crippen LogP contribution is 2.37. The van der Waals surface area contributed by atoms with E-state index in [1.54, 1.807) is 25.1 Å². The molecule has 0 unspecified atom stereocenters. The van der Waals surface area contributed by atoms with E-state index in [4.69, 9.17) is 23.2 Å². The molecule has 2 aromatic carbocycles. The Kier molecular flexibility index (Phi) is 6.55. The first-order valence-corrected chi connectivity index (χ1v) is 11.4. The molecule has 3 aromatic rings. The molecule has 0 saturated carbocycles. The highest BCUT2D eigenvalue weighted by Gasteiger charge is 2.29. The summed E-state index contributed by atoms with van der Waals surface area (Å²) in [5.74, 6) is -1.28. The van der Waals surface area contributed by atoms with E-state index in [0.717, 1.165) is 17.2 Å². The van der Waals surface area contributed by atoms with Crippen molar-refractivity contribution in [3.8, 4) is 0 Å². The summed E-state index contributed by atoms with van der Waals surface area (Å²) in [4.78, 5) is 43.1. The van der Waals surface area contributed by atoms with E-state index in [0.29, 0.717) is 28.4 Å². The van der Waals surface area contributed by atoms with Gasteiger partial charge in [0.15, 0.2) is 0 Å². The summed E-state index contributed by atoms with van der Waals surface area (Å²) in [6.45, 7) is 2.22. The van der Waals surface area contributed by atoms with Crippen LogP contribution < -0.4 is 10.9 Å². The number of rotatable bonds is 4. The Balaban J connectivity index is 1.56. The zero-order valence-corrected chi connectivity index (χ0v) is 20.4. The van der Waals surface area contributed by atoms with Crippen molar-refractivity contribution in [3.05, 3.63) is 73.4 Å². The van der Waals surface area contributed by atoms with Crippen molar-refractivity contribution < 1.29 is 14.0 Å². The Hall–Kier alpha value is -3.10. The Bertz CT molecular complexity index is 1370. The number of pyridine rings is 1. The molecule has 34 heavy (non-hydrogen) atoms. The molecule has 0 radical (unpaired) electrons. The SMILES string of the molecule is C[C@H]1c2c(Cl)cc(Cl)cc2CCN1C(=O)CNc1cc2cc(C(=O)N(C)C)[nH]c(=O)c2cc1F. The average molecular weight is 505 g/mol. The summed E-state index contributed by atoms with van der Waals surface area (Å²) in [7, 11) is 3.13. The van der Waals surface area contributed by atoms with Crippen LogP contribution in [-0.4, -0.2) is 53.8 Å². The van der Waals surface area contributed by atoms with Crippen molar-refractivity contribution >= 4 is 51.5 Å². The van der Waals surface area contributed by atoms with E-state index in [1.165, 1.54) is 17.0 Å². The molecule has 7 nitrogen and oxygen atoms in total. The van der Waals surface area contributed by atoms with Gasteiger partial charge in [-0.05, 0) is 60.2 Å². The molecule has 10 heteroatoms. The molecule has 2 heterocycles. The molecule has 2 amide bonds. The van der Waals surface area contributed by atoms with Crippen LogP contribution in [0, 0.1) is 5.82 Å². The summed E-state index contributed by atoms with van der Waals surface area (Å²) < 4.78 is 14.7. The molecular weight excluding hydrogens is 482 g/mol. The summed E-state index contributed by atoms with van der Waals surface area (Å²) in [6.07, 6.45) is 0.613. The molecule has 0 saturated heterocycles. The average Bonchev–Trinajstić information content (AvgIpc) is 2.77. The molecule has 0 fully saturated rings. The number of aromatic amines is 1. The van der Waals surface area contributed by atoms with Gasteiger partial charge < -0.3 is 20.1 Å². The minimum absolute atomic E-state index is 0.0598. The lowest BCUT2D eigenvalue weighted by Crippen LogP contribution is -2.42. The van der Waals surface area contributed by atoms with Crippen molar-refractivity contribution in [2.75, 3.05) is 32.5 Å². The fraction of sp³-hybridized carbons (Fsp3) is 0.292. The molecule has 1 aliphatic rings. The molecule has 1 aliphatic heterocycles. The Morgan fingerprint density at radius 3 is 2.65 bits per heavy atom. The predicted octanol–water partition coefficient (Wildman–Crippen LogP) is 4.23. The number of fused-ring (bicyclic) bond motifs is 2. The predicted molar refractivity (Wildman–Crippen MR) is 131 cm³/mol. The lowest BCUT2D eigenvalue weighted by atomic mass is 9.93. The van der Waals surface area contributed by atoms with Crippen LogP contribution >= 0.6 is 23.2 Å². The van der Waals surface area contributed by atoms with Crippen LogP contribution in [0.15, 0.2) is 35.1 Å². The second-order valence-electron chi connectivity index (χ2n) is 8.46. The second kappa shape index (κ2) is 9.27. The number of halogens is 3. The van der Waals surface area contributed by atoms with Gasteiger partial charge in [-0.2, -0.15) is 0 Å². The fourth-order valence-electron chi connectivity index (χ4n) is 4.30. The second-order valence-corrected chi connectivity index (χ2v) is 9.30. The fourth-order valence-corrected chi connectivity index (χ4v) is 4.99. The van der Waals surface area contributed by atoms with Crippen molar-refractivity contribution in [2.24, 2.45) is 0 Å². The Morgan fingerprint density at radius 2 is 1.94 bits per heavy atom. The largest absolute Gasteiger partial charge is 0.374 e. The van der Waals surface area contributed by atoms with Gasteiger partial charge in [0.05, 0.1) is 23.7 Å². The number of nitrogens with zero attached hydrogens (tertiary/aromatic N) is 2. The zero-order chi connectivity index (χ0) is 24.7. The van der Waals surface area contributed by atoms with Crippen LogP contribution in [0.1, 0.15) is 34.6 Å². The van der Waals surface area contributed by atoms with Gasteiger partial charge in [0.2, 0.25) is 5.91 Å². The maximum Gasteiger partial charge on any atom is 0.269 e. The number of hydrogen-bond donors (Lipinski definition) is 2. The van der Waals surface area contributed by atoms with Crippen molar-refractivity contribution in [3.63, 3.8) is 0 Å². The molecule has 1 aromatic heterocycles. The highest BCUT2D eigenvalue weighted by molar-refractivity contribution is 6.35. The van der Waals surface area contributed by atoms with Gasteiger partial charge in [-0.25, -0.2) is 4.39 Å². The van der Waals surface area contributed by atoms with Crippen molar-refractivity contribution in [1.82, 2.24) is 14.8 Å². The number of aromatic nitrogens is 1. The van der Waals surface area contributed by atoms with E-state index in [9.17, 15) is 18.8 Å². The monoisotopic (exact) mass is 504 g/mol. The van der Waals surface area contributed by atoms with Gasteiger partial charge in [-0.3, -0.25) is 14.4 Å². The zero-order valence-electron chi connectivity index (χ0n) is 18.8. The quantitative estimate of drug-likeness (QED) is 0.556. The van der Waals surface area contributed by atoms with Crippen molar-refractivity contribution in [2.45, 2.75) is 19.4 Å². The molecule has 178 valence electrons. The summed E-state index contributed by atoms with van der Waals surface area (Å²) >= 11 is 12.5. The number of nitrogens with one attached hydrogen (secondary N) is 2. The van der Waals surface area contributed by atoms with Crippen LogP contribution in [-0.2, 0) is 11.2 Å². The molecule has 0 spiro atoms. The maximum atomic E-state index is 14.7. The normalized spacial score (nSPS) is 15.2. The Morgan fingerprint density at radius 1 is 1.21 bits per heavy atom. The summed E-state index contributed by atoms with van der Waals surface area (Å²) in [5, 5.41) is 4.39. The van der Waals surface area contributed by atoms with E-state index in [2.05, 4.69) is 10.3 Å². The van der Waals surface area contributed by atoms with Gasteiger partial charge in [-0.15, -0.1) is 0 Å². The van der Waals surface area contributed by atoms with Crippen molar-refractivity contribution in [1.29, 1.82) is 0 Å². The summed E-state index contributed by atoms with van der Waals surface area (Å²) in [6, 6.07) is 7.26. The first-order valence-electron chi connectivity index (χ1n) is 10.7. The standard InChI is InChI=1S/C24H23Cl2FN4O3/c1-12-22-13(6-15(25)9-17(22)26)4-5-31(12)21(32)11-28-19-7-14-8-20(24(34)30(2)3)29-23(33)16(14)10-18(19)27/h6-10,12,28H,4-5,11H2,1-3H3,(H,29,33)/t12-/m0/s1. The third-order valence-corrected chi connectivity index (χ3v) is 6.54. The lowest BCUT2D eigenvalue weighted by molar-refractivity contribution is -0.131. The first-order chi connectivity index (χ1) is 16.1. The van der Waals surface area contributed by atoms with Gasteiger partial charge in [0.1, 0.15) is 11.5 Å². The van der Waals surface area contributed by atoms with Crippen LogP contribution in [0.4, 0.5) is 10.1 Å². The third kappa shape index (κ3) is 4.48. The summed E-state index contributed by atoms with van der Waals surface area (Å²) in [5.41, 5.74) is 1.45. The molecule has 0 aliphatic carbocycles. The number of carbonyl (C=O) groups is 2. The topological polar surface area (TPSA) is 85.5 Å². The van der Waals surface area contributed by atoms with E-state index in [1.807, 2.05) is 13.0 Å². The number of hydrogen-bond acceptors (Lipinski definition) is 4. The first kappa shape index (κ1) is 24.0. The van der Waals surface area contributed by atoms with Crippen LogP contribution in [0.3, 0.4) is 0 Å². The maximum absolute atomic E-state index is 14.7. The molecule has 2 N–H and O–H groups in total. The highest BCUT2D eigenvalue weighted by atomic mass is 35.5. The van der Waals surface area contributed by atoms with Gasteiger partial charge in [-0.1, -0.05) is 23.2 Å². The number of amides is 2. The molecule has 1 atom stereocenters. The minimum Gasteiger partial charge on any atom is -0.374 e. The molecular formula is C24H23Cl2FN4O3. The molecule has 4 rings (SSSR count). The van der Waals surface area contributed by atoms with Crippen LogP contribution in [0.25, 0.3) is 10.8 Å². The molecule has 0 bridgehead atoms. The smallest absolute Gasteiger partial charge is 0.269 e. The third-order valence-electron chi connectivity index (χ3n) is 6.01. The Labute approximate surface area is 205 Å². The van der Waals surface area contributed by atoms with Gasteiger partial charge in [0.25, 0.3) is 11.5 Å². The number of anilines is 1. The number of H-pyrrole nitrogens is 1. The van der Waals surface area contributed by atoms with Gasteiger partial charge in [0, 0.05) is 30.7 Å².